The molecule has 4 rings (SSSR count). The monoisotopic (exact) mass is 1260 g/mol. The van der Waals surface area contributed by atoms with Crippen molar-refractivity contribution < 1.29 is 144 Å². The molecule has 38 nitrogen and oxygen atoms in total. The van der Waals surface area contributed by atoms with Crippen LogP contribution in [-0.2, 0) is 73.5 Å². The van der Waals surface area contributed by atoms with Crippen LogP contribution in [0.3, 0.4) is 0 Å². The van der Waals surface area contributed by atoms with Crippen LogP contribution in [0.5, 0.6) is 5.75 Å². The summed E-state index contributed by atoms with van der Waals surface area (Å²) >= 11 is 0. The molecule has 0 saturated carbocycles. The van der Waals surface area contributed by atoms with Gasteiger partial charge < -0.3 is 76.6 Å². The molecule has 0 aliphatic carbocycles. The van der Waals surface area contributed by atoms with E-state index in [-0.39, 0.29) is 97.1 Å². The normalized spacial score (nSPS) is 17.5. The molecule has 3 aliphatic heterocycles. The quantitative estimate of drug-likeness (QED) is 0.0311. The first-order valence-corrected chi connectivity index (χ1v) is 26.3. The van der Waals surface area contributed by atoms with Gasteiger partial charge in [-0.3, -0.25) is 111 Å². The number of carboxylic acid groups (broad SMARTS) is 14. The Bertz CT molecular complexity index is 2550. The molecule has 0 atom stereocenters. The molecule has 0 radical (unpaired) electrons. The number of hydrogen-bond acceptors (Lipinski definition) is 24. The maximum atomic E-state index is 12.1. The third kappa shape index (κ3) is 26.9. The Morgan fingerprint density at radius 3 is 0.830 bits per heavy atom. The summed E-state index contributed by atoms with van der Waals surface area (Å²) in [7, 11) is 0. The SMILES string of the molecule is O=C(O)CCC1(N(CC(=O)O)CC(=O)O)CN(CC(=O)O)CCN(CC(=O)O)C1.O=C(O)CN1CCN(CC(=O)O)CC(C(=O)O)(N(CC(=O)O)CC(=O)O)C1.O=C(O)CN1CCN(CC(=O)O)CC(Cc2ccc(O)cc2)(N(CC(=O)O)CC(=O)O)C1. The fourth-order valence-corrected chi connectivity index (χ4v) is 10.7. The highest BCUT2D eigenvalue weighted by atomic mass is 16.4. The van der Waals surface area contributed by atoms with Gasteiger partial charge in [0.2, 0.25) is 0 Å². The average molecular weight is 1260 g/mol. The number of hydrogen-bond donors (Lipinski definition) is 15. The fourth-order valence-electron chi connectivity index (χ4n) is 10.7. The Labute approximate surface area is 498 Å². The standard InChI is InChI=1S/C20H27N3O9.C16H25N3O10.C14H21N3O10/c24-15-3-1-14(2-4-15)7-20(23(10-18(29)30)11-19(31)32)12-21(8-16(25)26)5-6-22(13-20)9-17(27)28;20-11(21)1-2-16(19(7-14(26)27)8-15(28)29)9-17(5-12(22)23)3-4-18(10-16)6-13(24)25;18-9(19)3-15-1-2-16(4-10(20)21)8-14(7-15,13(26)27)17(5-11(22)23)6-12(24)25/h1-4,24H,5-13H2,(H,25,26)(H,27,28)(H,29,30)(H,31,32);1-10H2,(H,20,21)(H,22,23)(H,24,25)(H,26,27)(H,28,29);1-8H2,(H,18,19)(H,20,21)(H,22,23)(H,24,25)(H,26,27). The minimum atomic E-state index is -2.13. The van der Waals surface area contributed by atoms with E-state index < -0.39 is 185 Å². The summed E-state index contributed by atoms with van der Waals surface area (Å²) in [5, 5.41) is 139. The van der Waals surface area contributed by atoms with Crippen molar-refractivity contribution >= 4 is 83.6 Å². The zero-order chi connectivity index (χ0) is 66.9. The van der Waals surface area contributed by atoms with E-state index >= 15 is 0 Å². The Morgan fingerprint density at radius 2 is 0.580 bits per heavy atom. The minimum absolute atomic E-state index is 0.0107. The molecule has 1 aromatic carbocycles. The fraction of sp³-hybridized carbons (Fsp3) is 0.600. The second kappa shape index (κ2) is 35.1. The van der Waals surface area contributed by atoms with Crippen LogP contribution in [0.4, 0.5) is 0 Å². The number of carboxylic acids is 14. The Hall–Kier alpha value is -8.76. The van der Waals surface area contributed by atoms with Gasteiger partial charge >= 0.3 is 83.6 Å². The van der Waals surface area contributed by atoms with Crippen molar-refractivity contribution in [1.82, 2.24) is 44.1 Å². The molecule has 0 spiro atoms. The molecule has 3 aliphatic rings. The number of benzene rings is 1. The predicted octanol–water partition coefficient (Wildman–Crippen LogP) is -6.15. The molecule has 0 unspecified atom stereocenters. The second-order valence-electron chi connectivity index (χ2n) is 21.1. The summed E-state index contributed by atoms with van der Waals surface area (Å²) in [5.74, 6) is -18.0. The largest absolute Gasteiger partial charge is 0.508 e. The highest BCUT2D eigenvalue weighted by Crippen LogP contribution is 2.30. The first kappa shape index (κ1) is 75.3. The van der Waals surface area contributed by atoms with Gasteiger partial charge in [-0.25, -0.2) is 0 Å². The van der Waals surface area contributed by atoms with E-state index in [0.29, 0.717) is 10.5 Å². The van der Waals surface area contributed by atoms with E-state index in [1.54, 1.807) is 21.9 Å². The predicted molar refractivity (Wildman–Crippen MR) is 289 cm³/mol. The van der Waals surface area contributed by atoms with Crippen molar-refractivity contribution in [2.75, 3.05) is 157 Å². The smallest absolute Gasteiger partial charge is 0.326 e. The van der Waals surface area contributed by atoms with Crippen LogP contribution >= 0.6 is 0 Å². The first-order valence-electron chi connectivity index (χ1n) is 26.3. The Kier molecular flexibility index (Phi) is 30.1. The number of rotatable bonds is 33. The molecule has 3 saturated heterocycles. The van der Waals surface area contributed by atoms with E-state index in [1.807, 2.05) is 0 Å². The van der Waals surface area contributed by atoms with Crippen molar-refractivity contribution in [3.05, 3.63) is 29.8 Å². The van der Waals surface area contributed by atoms with Crippen molar-refractivity contribution in [2.24, 2.45) is 0 Å². The molecule has 3 fully saturated rings. The molecule has 88 heavy (non-hydrogen) atoms. The number of carbonyl (C=O) groups is 14. The summed E-state index contributed by atoms with van der Waals surface area (Å²) in [5.41, 5.74) is -4.10. The van der Waals surface area contributed by atoms with Crippen LogP contribution in [0.2, 0.25) is 0 Å². The van der Waals surface area contributed by atoms with Gasteiger partial charge in [0.25, 0.3) is 0 Å². The van der Waals surface area contributed by atoms with Crippen molar-refractivity contribution in [2.45, 2.75) is 35.9 Å². The minimum Gasteiger partial charge on any atom is -0.508 e. The van der Waals surface area contributed by atoms with Crippen LogP contribution in [0.25, 0.3) is 0 Å². The first-order chi connectivity index (χ1) is 40.9. The maximum absolute atomic E-state index is 12.1. The summed E-state index contributed by atoms with van der Waals surface area (Å²) in [6.07, 6.45) is -0.507. The average Bonchev–Trinajstić information content (AvgIpc) is 1.91. The van der Waals surface area contributed by atoms with Gasteiger partial charge in [-0.2, -0.15) is 0 Å². The molecule has 1 aromatic rings. The van der Waals surface area contributed by atoms with E-state index in [0.717, 1.165) is 4.90 Å². The lowest BCUT2D eigenvalue weighted by Crippen LogP contribution is -2.66. The van der Waals surface area contributed by atoms with Crippen LogP contribution in [-0.4, -0.2) is 378 Å². The summed E-state index contributed by atoms with van der Waals surface area (Å²) < 4.78 is 0. The van der Waals surface area contributed by atoms with Crippen LogP contribution in [0.1, 0.15) is 18.4 Å². The van der Waals surface area contributed by atoms with Crippen LogP contribution < -0.4 is 0 Å². The van der Waals surface area contributed by atoms with Crippen molar-refractivity contribution in [1.29, 1.82) is 0 Å². The van der Waals surface area contributed by atoms with E-state index in [1.165, 1.54) is 36.6 Å². The van der Waals surface area contributed by atoms with Gasteiger partial charge in [0.1, 0.15) is 11.3 Å². The Morgan fingerprint density at radius 1 is 0.330 bits per heavy atom. The van der Waals surface area contributed by atoms with Gasteiger partial charge in [0.15, 0.2) is 0 Å². The summed E-state index contributed by atoms with van der Waals surface area (Å²) in [4.78, 5) is 170. The third-order valence-electron chi connectivity index (χ3n) is 14.0. The molecule has 0 amide bonds. The number of aromatic hydroxyl groups is 1. The molecule has 0 bridgehead atoms. The van der Waals surface area contributed by atoms with Gasteiger partial charge in [-0.05, 0) is 30.5 Å². The highest BCUT2D eigenvalue weighted by molar-refractivity contribution is 5.83. The lowest BCUT2D eigenvalue weighted by Gasteiger charge is -2.45. The zero-order valence-electron chi connectivity index (χ0n) is 47.3. The third-order valence-corrected chi connectivity index (χ3v) is 14.0. The maximum Gasteiger partial charge on any atom is 0.326 e. The number of nitrogens with zero attached hydrogens (tertiary/aromatic N) is 9. The van der Waals surface area contributed by atoms with E-state index in [4.69, 9.17) is 35.7 Å². The molecule has 38 heteroatoms. The summed E-state index contributed by atoms with van der Waals surface area (Å²) in [6.45, 7) is -7.77. The topological polar surface area (TPSA) is 572 Å². The molecule has 0 aromatic heterocycles. The van der Waals surface area contributed by atoms with Crippen LogP contribution in [0.15, 0.2) is 24.3 Å². The highest BCUT2D eigenvalue weighted by Gasteiger charge is 2.51. The van der Waals surface area contributed by atoms with Gasteiger partial charge in [0, 0.05) is 90.5 Å². The van der Waals surface area contributed by atoms with Crippen molar-refractivity contribution in [3.63, 3.8) is 0 Å². The number of aliphatic carboxylic acids is 14. The lowest BCUT2D eigenvalue weighted by atomic mass is 9.87. The van der Waals surface area contributed by atoms with E-state index in [2.05, 4.69) is 0 Å². The van der Waals surface area contributed by atoms with Gasteiger partial charge in [0.05, 0.1) is 84.1 Å². The van der Waals surface area contributed by atoms with Gasteiger partial charge in [-0.15, -0.1) is 0 Å². The van der Waals surface area contributed by atoms with E-state index in [9.17, 15) is 108 Å². The number of phenols is 1. The zero-order valence-corrected chi connectivity index (χ0v) is 47.3. The molecule has 15 N–H and O–H groups in total. The van der Waals surface area contributed by atoms with Crippen molar-refractivity contribution in [3.8, 4) is 5.75 Å². The molecular weight excluding hydrogens is 1190 g/mol. The molecule has 492 valence electrons. The molecule has 3 heterocycles. The summed E-state index contributed by atoms with van der Waals surface area (Å²) in [6, 6.07) is 6.07. The number of phenolic OH excluding ortho intramolecular Hbond substituents is 1. The van der Waals surface area contributed by atoms with Gasteiger partial charge in [-0.1, -0.05) is 12.1 Å². The molecular formula is C50H73N9O29. The van der Waals surface area contributed by atoms with Crippen LogP contribution in [0, 0.1) is 0 Å². The Balaban J connectivity index is 0.000000452. The second-order valence-corrected chi connectivity index (χ2v) is 21.1. The lowest BCUT2D eigenvalue weighted by molar-refractivity contribution is -0.161.